The maximum Gasteiger partial charge on any atom is 0.264 e. The average Bonchev–Trinajstić information content (AvgIpc) is 2.82. The Kier molecular flexibility index (Phi) is 8.09. The summed E-state index contributed by atoms with van der Waals surface area (Å²) < 4.78 is 33.2. The molecule has 0 aliphatic rings. The summed E-state index contributed by atoms with van der Waals surface area (Å²) in [4.78, 5) is 0.248. The molecular formula is C26H29NO4S. The van der Waals surface area contributed by atoms with Crippen molar-refractivity contribution in [2.24, 2.45) is 0 Å². The zero-order valence-electron chi connectivity index (χ0n) is 18.4. The highest BCUT2D eigenvalue weighted by atomic mass is 32.2. The second kappa shape index (κ2) is 11.0. The number of benzene rings is 3. The van der Waals surface area contributed by atoms with Gasteiger partial charge in [0.1, 0.15) is 5.75 Å². The first kappa shape index (κ1) is 23.6. The topological polar surface area (TPSA) is 66.8 Å². The van der Waals surface area contributed by atoms with Gasteiger partial charge in [-0.15, -0.1) is 0 Å². The lowest BCUT2D eigenvalue weighted by molar-refractivity contribution is 0.265. The van der Waals surface area contributed by atoms with Crippen LogP contribution < -0.4 is 4.74 Å². The molecule has 0 aliphatic heterocycles. The van der Waals surface area contributed by atoms with E-state index >= 15 is 0 Å². The Morgan fingerprint density at radius 2 is 1.62 bits per heavy atom. The second-order valence-electron chi connectivity index (χ2n) is 7.62. The van der Waals surface area contributed by atoms with Gasteiger partial charge in [0, 0.05) is 12.1 Å². The van der Waals surface area contributed by atoms with Gasteiger partial charge in [-0.1, -0.05) is 66.2 Å². The van der Waals surface area contributed by atoms with Crippen LogP contribution in [0.5, 0.6) is 5.75 Å². The first-order valence-electron chi connectivity index (χ1n) is 10.5. The van der Waals surface area contributed by atoms with Crippen molar-refractivity contribution in [2.75, 3.05) is 13.7 Å². The molecule has 5 nitrogen and oxygen atoms in total. The molecule has 1 atom stereocenters. The van der Waals surface area contributed by atoms with Gasteiger partial charge in [0.2, 0.25) is 0 Å². The Morgan fingerprint density at radius 1 is 0.969 bits per heavy atom. The van der Waals surface area contributed by atoms with Gasteiger partial charge < -0.3 is 9.84 Å². The molecule has 3 rings (SSSR count). The number of ether oxygens (including phenoxy) is 1. The molecule has 6 heteroatoms. The van der Waals surface area contributed by atoms with Crippen molar-refractivity contribution in [3.8, 4) is 5.75 Å². The lowest BCUT2D eigenvalue weighted by Crippen LogP contribution is -2.25. The van der Waals surface area contributed by atoms with Gasteiger partial charge in [-0.05, 0) is 48.7 Å². The third-order valence-corrected chi connectivity index (χ3v) is 7.04. The van der Waals surface area contributed by atoms with E-state index in [2.05, 4.69) is 0 Å². The molecule has 3 aromatic carbocycles. The monoisotopic (exact) mass is 451 g/mol. The minimum absolute atomic E-state index is 0.0416. The van der Waals surface area contributed by atoms with Crippen LogP contribution in [0.1, 0.15) is 29.0 Å². The van der Waals surface area contributed by atoms with E-state index in [0.29, 0.717) is 6.42 Å². The van der Waals surface area contributed by atoms with Crippen LogP contribution in [0.25, 0.3) is 0 Å². The highest BCUT2D eigenvalue weighted by Crippen LogP contribution is 2.24. The van der Waals surface area contributed by atoms with Crippen molar-refractivity contribution in [1.82, 2.24) is 4.31 Å². The fraction of sp³-hybridized carbons (Fsp3) is 0.231. The van der Waals surface area contributed by atoms with Crippen molar-refractivity contribution < 1.29 is 18.3 Å². The van der Waals surface area contributed by atoms with E-state index < -0.39 is 10.0 Å². The maximum atomic E-state index is 13.3. The highest BCUT2D eigenvalue weighted by Gasteiger charge is 2.22. The Labute approximate surface area is 190 Å². The number of hydrogen-bond donors (Lipinski definition) is 1. The first-order chi connectivity index (χ1) is 15.4. The largest absolute Gasteiger partial charge is 0.497 e. The number of aryl methyl sites for hydroxylation is 1. The minimum Gasteiger partial charge on any atom is -0.497 e. The van der Waals surface area contributed by atoms with Crippen LogP contribution in [-0.4, -0.2) is 31.5 Å². The molecular weight excluding hydrogens is 422 g/mol. The summed E-state index contributed by atoms with van der Waals surface area (Å²) in [6, 6.07) is 23.9. The average molecular weight is 452 g/mol. The summed E-state index contributed by atoms with van der Waals surface area (Å²) in [5.41, 5.74) is 2.86. The molecule has 0 saturated heterocycles. The normalized spacial score (nSPS) is 12.6. The molecule has 0 aromatic heterocycles. The number of hydrogen-bond acceptors (Lipinski definition) is 4. The molecule has 1 N–H and O–H groups in total. The highest BCUT2D eigenvalue weighted by molar-refractivity contribution is 7.89. The quantitative estimate of drug-likeness (QED) is 0.477. The van der Waals surface area contributed by atoms with Crippen molar-refractivity contribution in [2.45, 2.75) is 30.7 Å². The van der Waals surface area contributed by atoms with E-state index in [9.17, 15) is 13.5 Å². The molecule has 32 heavy (non-hydrogen) atoms. The van der Waals surface area contributed by atoms with Gasteiger partial charge in [-0.3, -0.25) is 4.31 Å². The van der Waals surface area contributed by atoms with Crippen LogP contribution in [0.15, 0.2) is 96.0 Å². The fourth-order valence-corrected chi connectivity index (χ4v) is 4.68. The van der Waals surface area contributed by atoms with E-state index in [1.165, 1.54) is 4.31 Å². The van der Waals surface area contributed by atoms with Crippen LogP contribution >= 0.6 is 0 Å². The summed E-state index contributed by atoms with van der Waals surface area (Å²) in [6.07, 6.45) is 3.91. The zero-order valence-corrected chi connectivity index (χ0v) is 19.2. The summed E-state index contributed by atoms with van der Waals surface area (Å²) >= 11 is 0. The van der Waals surface area contributed by atoms with Gasteiger partial charge >= 0.3 is 0 Å². The standard InChI is InChI=1S/C26H29NO4S/c1-21-10-16-26(17-11-21)32(29,30)27(19-22-7-4-3-5-8-22)18-6-9-24(20-28)23-12-14-25(31-2)15-13-23/h3-8,10-18,24,28H,9,19-20H2,1-2H3/b18-6+. The van der Waals surface area contributed by atoms with Gasteiger partial charge in [-0.25, -0.2) is 8.42 Å². The molecule has 0 heterocycles. The van der Waals surface area contributed by atoms with Crippen LogP contribution in [0.3, 0.4) is 0 Å². The Morgan fingerprint density at radius 3 is 2.22 bits per heavy atom. The number of methoxy groups -OCH3 is 1. The third-order valence-electron chi connectivity index (χ3n) is 5.31. The second-order valence-corrected chi connectivity index (χ2v) is 9.51. The lowest BCUT2D eigenvalue weighted by Gasteiger charge is -2.21. The molecule has 3 aromatic rings. The number of sulfonamides is 1. The van der Waals surface area contributed by atoms with Crippen molar-refractivity contribution in [3.63, 3.8) is 0 Å². The molecule has 0 radical (unpaired) electrons. The molecule has 0 amide bonds. The number of aliphatic hydroxyl groups excluding tert-OH is 1. The van der Waals surface area contributed by atoms with Crippen molar-refractivity contribution in [3.05, 3.63) is 108 Å². The summed E-state index contributed by atoms with van der Waals surface area (Å²) in [6.45, 7) is 2.10. The van der Waals surface area contributed by atoms with Crippen molar-refractivity contribution >= 4 is 10.0 Å². The zero-order chi connectivity index (χ0) is 23.0. The van der Waals surface area contributed by atoms with Gasteiger partial charge in [-0.2, -0.15) is 0 Å². The molecule has 0 aliphatic carbocycles. The molecule has 0 spiro atoms. The summed E-state index contributed by atoms with van der Waals surface area (Å²) in [7, 11) is -2.12. The summed E-state index contributed by atoms with van der Waals surface area (Å²) in [5, 5.41) is 9.87. The van der Waals surface area contributed by atoms with Gasteiger partial charge in [0.15, 0.2) is 0 Å². The van der Waals surface area contributed by atoms with Crippen LogP contribution in [-0.2, 0) is 16.6 Å². The van der Waals surface area contributed by atoms with Crippen LogP contribution in [0.4, 0.5) is 0 Å². The Bertz CT molecular complexity index is 1110. The SMILES string of the molecule is COc1ccc(C(CO)C/C=C/N(Cc2ccccc2)S(=O)(=O)c2ccc(C)cc2)cc1. The van der Waals surface area contributed by atoms with E-state index in [1.807, 2.05) is 61.5 Å². The number of aliphatic hydroxyl groups is 1. The fourth-order valence-electron chi connectivity index (χ4n) is 3.36. The minimum atomic E-state index is -3.73. The molecule has 0 bridgehead atoms. The van der Waals surface area contributed by atoms with Crippen LogP contribution in [0.2, 0.25) is 0 Å². The maximum absolute atomic E-state index is 13.3. The number of rotatable bonds is 10. The molecule has 1 unspecified atom stereocenters. The van der Waals surface area contributed by atoms with E-state index in [-0.39, 0.29) is 24.0 Å². The lowest BCUT2D eigenvalue weighted by atomic mass is 9.96. The predicted molar refractivity (Wildman–Crippen MR) is 127 cm³/mol. The first-order valence-corrected chi connectivity index (χ1v) is 11.9. The number of allylic oxidation sites excluding steroid dienone is 1. The molecule has 0 fully saturated rings. The van der Waals surface area contributed by atoms with Crippen molar-refractivity contribution in [1.29, 1.82) is 0 Å². The van der Waals surface area contributed by atoms with E-state index in [4.69, 9.17) is 4.74 Å². The summed E-state index contributed by atoms with van der Waals surface area (Å²) in [5.74, 6) is 0.608. The smallest absolute Gasteiger partial charge is 0.264 e. The third kappa shape index (κ3) is 5.99. The van der Waals surface area contributed by atoms with Gasteiger partial charge in [0.25, 0.3) is 10.0 Å². The molecule has 0 saturated carbocycles. The van der Waals surface area contributed by atoms with Gasteiger partial charge in [0.05, 0.1) is 25.2 Å². The predicted octanol–water partition coefficient (Wildman–Crippen LogP) is 4.87. The Balaban J connectivity index is 1.83. The Hall–Kier alpha value is -3.09. The molecule has 168 valence electrons. The number of nitrogens with zero attached hydrogens (tertiary/aromatic N) is 1. The van der Waals surface area contributed by atoms with E-state index in [0.717, 1.165) is 22.4 Å². The van der Waals surface area contributed by atoms with Crippen LogP contribution in [0, 0.1) is 6.92 Å². The van der Waals surface area contributed by atoms with E-state index in [1.54, 1.807) is 43.7 Å².